The summed E-state index contributed by atoms with van der Waals surface area (Å²) in [6.07, 6.45) is -0.677. The van der Waals surface area contributed by atoms with Crippen LogP contribution in [0, 0.1) is 11.8 Å². The predicted molar refractivity (Wildman–Crippen MR) is 129 cm³/mol. The summed E-state index contributed by atoms with van der Waals surface area (Å²) in [6, 6.07) is 19.6. The van der Waals surface area contributed by atoms with E-state index in [4.69, 9.17) is 4.74 Å². The Bertz CT molecular complexity index is 1730. The van der Waals surface area contributed by atoms with E-state index in [1.54, 1.807) is 0 Å². The molecule has 2 heterocycles. The Labute approximate surface area is 193 Å². The van der Waals surface area contributed by atoms with Crippen LogP contribution in [0.25, 0.3) is 32.3 Å². The zero-order valence-corrected chi connectivity index (χ0v) is 18.0. The number of benzene rings is 4. The van der Waals surface area contributed by atoms with Crippen LogP contribution in [-0.2, 0) is 10.5 Å². The van der Waals surface area contributed by atoms with Crippen LogP contribution in [-0.4, -0.2) is 38.6 Å². The fourth-order valence-corrected chi connectivity index (χ4v) is 4.96. The lowest BCUT2D eigenvalue weighted by atomic mass is 9.92. The lowest BCUT2D eigenvalue weighted by molar-refractivity contribution is -0.0836. The molecule has 4 aromatic carbocycles. The first kappa shape index (κ1) is 20.6. The molecule has 168 valence electrons. The fraction of sp³-hybridized carbons (Fsp3) is 0.185. The van der Waals surface area contributed by atoms with Crippen molar-refractivity contribution in [2.24, 2.45) is 0 Å². The van der Waals surface area contributed by atoms with Gasteiger partial charge in [-0.2, -0.15) is 0 Å². The molecule has 3 atom stereocenters. The van der Waals surface area contributed by atoms with Crippen molar-refractivity contribution >= 4 is 32.3 Å². The van der Waals surface area contributed by atoms with Gasteiger partial charge in [0.1, 0.15) is 6.10 Å². The topological polar surface area (TPSA) is 105 Å². The molecule has 0 bridgehead atoms. The number of hydrogen-bond acceptors (Lipinski definition) is 5. The number of H-pyrrole nitrogens is 1. The second-order valence-corrected chi connectivity index (χ2v) is 8.59. The summed E-state index contributed by atoms with van der Waals surface area (Å²) in [6.45, 7) is -0.429. The molecule has 6 rings (SSSR count). The molecule has 0 saturated carbocycles. The molecule has 0 unspecified atom stereocenters. The molecule has 34 heavy (non-hydrogen) atoms. The molecule has 1 fully saturated rings. The highest BCUT2D eigenvalue weighted by atomic mass is 16.6. The van der Waals surface area contributed by atoms with E-state index in [2.05, 4.69) is 47.2 Å². The summed E-state index contributed by atoms with van der Waals surface area (Å²) in [7, 11) is 0. The van der Waals surface area contributed by atoms with Crippen LogP contribution < -0.4 is 11.2 Å². The average Bonchev–Trinajstić information content (AvgIpc) is 3.17. The van der Waals surface area contributed by atoms with E-state index in [0.29, 0.717) is 0 Å². The summed E-state index contributed by atoms with van der Waals surface area (Å²) in [5, 5.41) is 26.7. The van der Waals surface area contributed by atoms with E-state index in [1.165, 1.54) is 17.6 Å². The third-order valence-corrected chi connectivity index (χ3v) is 6.58. The van der Waals surface area contributed by atoms with E-state index in [0.717, 1.165) is 37.1 Å². The maximum Gasteiger partial charge on any atom is 0.331 e. The van der Waals surface area contributed by atoms with Gasteiger partial charge in [-0.25, -0.2) is 4.79 Å². The number of nitrogens with one attached hydrogen (secondary N) is 1. The zero-order valence-electron chi connectivity index (χ0n) is 18.0. The first-order chi connectivity index (χ1) is 16.5. The highest BCUT2D eigenvalue weighted by Crippen LogP contribution is 2.37. The summed E-state index contributed by atoms with van der Waals surface area (Å²) >= 11 is 0. The molecule has 0 aliphatic carbocycles. The normalized spacial score (nSPS) is 22.4. The minimum Gasteiger partial charge on any atom is -0.394 e. The van der Waals surface area contributed by atoms with Crippen LogP contribution >= 0.6 is 0 Å². The van der Waals surface area contributed by atoms with Crippen molar-refractivity contribution in [3.63, 3.8) is 0 Å². The van der Waals surface area contributed by atoms with Crippen LogP contribution in [0.2, 0.25) is 0 Å². The molecule has 1 aromatic heterocycles. The largest absolute Gasteiger partial charge is 0.394 e. The van der Waals surface area contributed by atoms with E-state index < -0.39 is 35.8 Å². The van der Waals surface area contributed by atoms with Gasteiger partial charge in [-0.1, -0.05) is 54.5 Å². The summed E-state index contributed by atoms with van der Waals surface area (Å²) in [5.41, 5.74) is -2.05. The Balaban J connectivity index is 1.58. The molecular weight excluding hydrogens is 432 g/mol. The Morgan fingerprint density at radius 2 is 1.71 bits per heavy atom. The van der Waals surface area contributed by atoms with Gasteiger partial charge < -0.3 is 14.9 Å². The minimum atomic E-state index is -1.54. The highest BCUT2D eigenvalue weighted by Gasteiger charge is 2.47. The first-order valence-corrected chi connectivity index (χ1v) is 11.0. The Morgan fingerprint density at radius 3 is 2.41 bits per heavy atom. The number of aromatic nitrogens is 2. The molecular formula is C27H20N2O5. The van der Waals surface area contributed by atoms with Crippen molar-refractivity contribution in [3.05, 3.63) is 93.3 Å². The van der Waals surface area contributed by atoms with Gasteiger partial charge in [0.15, 0.2) is 0 Å². The van der Waals surface area contributed by atoms with Gasteiger partial charge in [-0.05, 0) is 44.3 Å². The number of aromatic amines is 1. The molecule has 1 aliphatic heterocycles. The second-order valence-electron chi connectivity index (χ2n) is 8.59. The maximum atomic E-state index is 12.6. The van der Waals surface area contributed by atoms with Gasteiger partial charge in [0, 0.05) is 24.2 Å². The van der Waals surface area contributed by atoms with Gasteiger partial charge in [0.05, 0.1) is 12.7 Å². The third kappa shape index (κ3) is 3.05. The van der Waals surface area contributed by atoms with Gasteiger partial charge in [0.25, 0.3) is 5.56 Å². The van der Waals surface area contributed by atoms with E-state index in [9.17, 15) is 19.8 Å². The average molecular weight is 452 g/mol. The van der Waals surface area contributed by atoms with Gasteiger partial charge >= 0.3 is 5.69 Å². The summed E-state index contributed by atoms with van der Waals surface area (Å²) in [4.78, 5) is 26.4. The molecule has 0 amide bonds. The number of aliphatic hydroxyl groups is 2. The summed E-state index contributed by atoms with van der Waals surface area (Å²) in [5.74, 6) is 6.22. The molecule has 7 nitrogen and oxygen atoms in total. The smallest absolute Gasteiger partial charge is 0.331 e. The van der Waals surface area contributed by atoms with E-state index >= 15 is 0 Å². The zero-order chi connectivity index (χ0) is 23.4. The summed E-state index contributed by atoms with van der Waals surface area (Å²) < 4.78 is 7.09. The Morgan fingerprint density at radius 1 is 1.00 bits per heavy atom. The van der Waals surface area contributed by atoms with Crippen LogP contribution in [0.4, 0.5) is 0 Å². The third-order valence-electron chi connectivity index (χ3n) is 6.58. The quantitative estimate of drug-likeness (QED) is 0.282. The standard InChI is InChI=1S/C27H20N2O5/c30-15-22-21(31)14-27(34-22,29-13-11-23(32)28-26(29)33)12-10-16-4-5-19-7-6-17-2-1-3-18-8-9-20(16)25(19)24(17)18/h1-9,11,13,21-22,30-31H,14-15H2,(H,28,32,33)/t21-,22+,27+/m0/s1. The lowest BCUT2D eigenvalue weighted by Crippen LogP contribution is -2.43. The molecule has 5 aromatic rings. The molecule has 0 spiro atoms. The van der Waals surface area contributed by atoms with Crippen molar-refractivity contribution < 1.29 is 14.9 Å². The Hall–Kier alpha value is -3.96. The molecule has 3 N–H and O–H groups in total. The van der Waals surface area contributed by atoms with Crippen molar-refractivity contribution in [1.82, 2.24) is 9.55 Å². The SMILES string of the molecule is O=c1ccn([C@@]2(C#Cc3ccc4ccc5cccc6ccc3c4c56)C[C@H](O)[C@@H](CO)O2)c(=O)[nH]1. The van der Waals surface area contributed by atoms with Gasteiger partial charge in [-0.3, -0.25) is 14.3 Å². The van der Waals surface area contributed by atoms with Crippen LogP contribution in [0.1, 0.15) is 12.0 Å². The molecule has 1 saturated heterocycles. The van der Waals surface area contributed by atoms with Crippen LogP contribution in [0.5, 0.6) is 0 Å². The first-order valence-electron chi connectivity index (χ1n) is 11.0. The molecule has 1 aliphatic rings. The van der Waals surface area contributed by atoms with Crippen molar-refractivity contribution in [1.29, 1.82) is 0 Å². The van der Waals surface area contributed by atoms with E-state index in [1.807, 2.05) is 24.3 Å². The van der Waals surface area contributed by atoms with Crippen LogP contribution in [0.15, 0.2) is 76.4 Å². The number of aliphatic hydroxyl groups excluding tert-OH is 2. The van der Waals surface area contributed by atoms with E-state index in [-0.39, 0.29) is 6.42 Å². The van der Waals surface area contributed by atoms with Crippen LogP contribution in [0.3, 0.4) is 0 Å². The minimum absolute atomic E-state index is 0.0387. The van der Waals surface area contributed by atoms with Gasteiger partial charge in [-0.15, -0.1) is 0 Å². The lowest BCUT2D eigenvalue weighted by Gasteiger charge is -2.25. The maximum absolute atomic E-state index is 12.6. The fourth-order valence-electron chi connectivity index (χ4n) is 4.96. The second kappa shape index (κ2) is 7.54. The predicted octanol–water partition coefficient (Wildman–Crippen LogP) is 2.28. The molecule has 0 radical (unpaired) electrons. The Kier molecular flexibility index (Phi) is 4.57. The molecule has 7 heteroatoms. The number of hydrogen-bond donors (Lipinski definition) is 3. The highest BCUT2D eigenvalue weighted by molar-refractivity contribution is 6.23. The number of rotatable bonds is 2. The van der Waals surface area contributed by atoms with Gasteiger partial charge in [0.2, 0.25) is 5.72 Å². The number of nitrogens with zero attached hydrogens (tertiary/aromatic N) is 1. The van der Waals surface area contributed by atoms with Crippen molar-refractivity contribution in [3.8, 4) is 11.8 Å². The van der Waals surface area contributed by atoms with Crippen molar-refractivity contribution in [2.75, 3.05) is 6.61 Å². The van der Waals surface area contributed by atoms with Crippen molar-refractivity contribution in [2.45, 2.75) is 24.4 Å². The monoisotopic (exact) mass is 452 g/mol. The number of ether oxygens (including phenoxy) is 1.